The average Bonchev–Trinajstić information content (AvgIpc) is 3.27. The van der Waals surface area contributed by atoms with Gasteiger partial charge in [0.2, 0.25) is 0 Å². The smallest absolute Gasteiger partial charge is 0.274 e. The fourth-order valence-electron chi connectivity index (χ4n) is 3.14. The highest BCUT2D eigenvalue weighted by Gasteiger charge is 2.28. The van der Waals surface area contributed by atoms with Crippen molar-refractivity contribution in [3.63, 3.8) is 0 Å². The lowest BCUT2D eigenvalue weighted by atomic mass is 10.3. The molecule has 3 aromatic heterocycles. The van der Waals surface area contributed by atoms with Gasteiger partial charge in [-0.15, -0.1) is 0 Å². The molecule has 1 aliphatic rings. The van der Waals surface area contributed by atoms with Gasteiger partial charge in [-0.2, -0.15) is 5.10 Å². The number of aryl methyl sites for hydroxylation is 1. The first-order chi connectivity index (χ1) is 11.2. The van der Waals surface area contributed by atoms with E-state index in [2.05, 4.69) is 16.1 Å². The Balaban J connectivity index is 1.52. The number of hydrogen-bond donors (Lipinski definition) is 0. The number of rotatable bonds is 1. The standard InChI is InChI=1S/C16H13N5OS/c1-19-13-9-20(7-10(13)6-17-19)15(22)11-8-21-12-4-2-3-5-14(12)23-16(21)18-11/h2-6,8H,7,9H2,1H3. The van der Waals surface area contributed by atoms with E-state index in [-0.39, 0.29) is 5.91 Å². The highest BCUT2D eigenvalue weighted by atomic mass is 32.1. The van der Waals surface area contributed by atoms with E-state index in [4.69, 9.17) is 0 Å². The number of amides is 1. The van der Waals surface area contributed by atoms with Crippen LogP contribution in [0.15, 0.2) is 36.7 Å². The van der Waals surface area contributed by atoms with Gasteiger partial charge in [0.05, 0.1) is 28.7 Å². The molecule has 1 aromatic carbocycles. The number of imidazole rings is 1. The predicted molar refractivity (Wildman–Crippen MR) is 87.4 cm³/mol. The summed E-state index contributed by atoms with van der Waals surface area (Å²) >= 11 is 1.60. The number of benzene rings is 1. The van der Waals surface area contributed by atoms with Gasteiger partial charge in [0, 0.05) is 25.4 Å². The lowest BCUT2D eigenvalue weighted by Gasteiger charge is -2.13. The maximum atomic E-state index is 12.8. The van der Waals surface area contributed by atoms with E-state index in [0.29, 0.717) is 18.8 Å². The Labute approximate surface area is 135 Å². The van der Waals surface area contributed by atoms with Crippen LogP contribution in [-0.2, 0) is 20.1 Å². The number of carbonyl (C=O) groups excluding carboxylic acids is 1. The van der Waals surface area contributed by atoms with Crippen LogP contribution in [0.3, 0.4) is 0 Å². The highest BCUT2D eigenvalue weighted by molar-refractivity contribution is 7.23. The number of para-hydroxylation sites is 1. The van der Waals surface area contributed by atoms with Crippen molar-refractivity contribution in [1.29, 1.82) is 0 Å². The van der Waals surface area contributed by atoms with Crippen molar-refractivity contribution in [3.8, 4) is 0 Å². The molecule has 1 aliphatic heterocycles. The lowest BCUT2D eigenvalue weighted by Crippen LogP contribution is -2.26. The SMILES string of the molecule is Cn1ncc2c1CN(C(=O)c1cn3c(n1)sc1ccccc13)C2. The van der Waals surface area contributed by atoms with Crippen LogP contribution < -0.4 is 0 Å². The van der Waals surface area contributed by atoms with Crippen molar-refractivity contribution in [3.05, 3.63) is 53.6 Å². The Morgan fingerprint density at radius 3 is 3.00 bits per heavy atom. The van der Waals surface area contributed by atoms with Gasteiger partial charge in [-0.05, 0) is 12.1 Å². The largest absolute Gasteiger partial charge is 0.327 e. The third-order valence-corrected chi connectivity index (χ3v) is 5.39. The Bertz CT molecular complexity index is 1070. The van der Waals surface area contributed by atoms with Gasteiger partial charge in [0.1, 0.15) is 5.69 Å². The molecule has 0 radical (unpaired) electrons. The lowest BCUT2D eigenvalue weighted by molar-refractivity contribution is 0.0743. The molecule has 4 heterocycles. The number of nitrogens with zero attached hydrogens (tertiary/aromatic N) is 5. The summed E-state index contributed by atoms with van der Waals surface area (Å²) in [5, 5.41) is 4.23. The Morgan fingerprint density at radius 1 is 1.26 bits per heavy atom. The summed E-state index contributed by atoms with van der Waals surface area (Å²) < 4.78 is 5.01. The minimum atomic E-state index is -0.0267. The molecule has 0 saturated heterocycles. The van der Waals surface area contributed by atoms with E-state index in [1.807, 2.05) is 51.6 Å². The number of aromatic nitrogens is 4. The van der Waals surface area contributed by atoms with Crippen LogP contribution in [0.4, 0.5) is 0 Å². The molecule has 6 nitrogen and oxygen atoms in total. The molecule has 0 unspecified atom stereocenters. The second-order valence-corrected chi connectivity index (χ2v) is 6.76. The molecule has 0 aliphatic carbocycles. The van der Waals surface area contributed by atoms with E-state index < -0.39 is 0 Å². The Morgan fingerprint density at radius 2 is 2.13 bits per heavy atom. The summed E-state index contributed by atoms with van der Waals surface area (Å²) in [5.41, 5.74) is 3.81. The summed E-state index contributed by atoms with van der Waals surface area (Å²) in [6.45, 7) is 1.20. The maximum Gasteiger partial charge on any atom is 0.274 e. The topological polar surface area (TPSA) is 55.4 Å². The van der Waals surface area contributed by atoms with Gasteiger partial charge >= 0.3 is 0 Å². The van der Waals surface area contributed by atoms with Gasteiger partial charge in [-0.1, -0.05) is 23.5 Å². The van der Waals surface area contributed by atoms with Crippen molar-refractivity contribution in [2.24, 2.45) is 7.05 Å². The molecule has 5 rings (SSSR count). The molecule has 0 atom stereocenters. The van der Waals surface area contributed by atoms with Crippen molar-refractivity contribution >= 4 is 32.4 Å². The van der Waals surface area contributed by atoms with Gasteiger partial charge in [0.15, 0.2) is 4.96 Å². The zero-order valence-electron chi connectivity index (χ0n) is 12.4. The van der Waals surface area contributed by atoms with Crippen LogP contribution in [0, 0.1) is 0 Å². The average molecular weight is 323 g/mol. The van der Waals surface area contributed by atoms with E-state index >= 15 is 0 Å². The van der Waals surface area contributed by atoms with Crippen LogP contribution in [0.25, 0.3) is 15.2 Å². The second kappa shape index (κ2) is 4.42. The monoisotopic (exact) mass is 323 g/mol. The number of carbonyl (C=O) groups is 1. The molecule has 0 saturated carbocycles. The predicted octanol–water partition coefficient (Wildman–Crippen LogP) is 2.44. The van der Waals surface area contributed by atoms with Crippen LogP contribution in [0.1, 0.15) is 21.7 Å². The van der Waals surface area contributed by atoms with Crippen molar-refractivity contribution in [1.82, 2.24) is 24.1 Å². The molecule has 0 N–H and O–H groups in total. The molecule has 0 spiro atoms. The van der Waals surface area contributed by atoms with Crippen molar-refractivity contribution in [2.75, 3.05) is 0 Å². The summed E-state index contributed by atoms with van der Waals surface area (Å²) in [6.07, 6.45) is 3.68. The van der Waals surface area contributed by atoms with Gasteiger partial charge in [0.25, 0.3) is 5.91 Å². The van der Waals surface area contributed by atoms with Crippen LogP contribution in [0.5, 0.6) is 0 Å². The summed E-state index contributed by atoms with van der Waals surface area (Å²) in [7, 11) is 1.91. The quantitative estimate of drug-likeness (QED) is 0.541. The van der Waals surface area contributed by atoms with Gasteiger partial charge in [-0.3, -0.25) is 13.9 Å². The summed E-state index contributed by atoms with van der Waals surface area (Å²) in [5.74, 6) is -0.0267. The third-order valence-electron chi connectivity index (χ3n) is 4.36. The number of thiazole rings is 1. The second-order valence-electron chi connectivity index (χ2n) is 5.75. The van der Waals surface area contributed by atoms with E-state index in [1.54, 1.807) is 11.3 Å². The molecule has 0 fully saturated rings. The van der Waals surface area contributed by atoms with Crippen molar-refractivity contribution < 1.29 is 4.79 Å². The Hall–Kier alpha value is -2.67. The zero-order chi connectivity index (χ0) is 15.6. The molecule has 114 valence electrons. The fraction of sp³-hybridized carbons (Fsp3) is 0.188. The van der Waals surface area contributed by atoms with Gasteiger partial charge in [-0.25, -0.2) is 4.98 Å². The van der Waals surface area contributed by atoms with Crippen LogP contribution >= 0.6 is 11.3 Å². The van der Waals surface area contributed by atoms with E-state index in [0.717, 1.165) is 21.7 Å². The first kappa shape index (κ1) is 12.8. The van der Waals surface area contributed by atoms with Crippen LogP contribution in [-0.4, -0.2) is 30.0 Å². The highest BCUT2D eigenvalue weighted by Crippen LogP contribution is 2.28. The molecule has 7 heteroatoms. The molecule has 4 aromatic rings. The van der Waals surface area contributed by atoms with Gasteiger partial charge < -0.3 is 4.90 Å². The zero-order valence-corrected chi connectivity index (χ0v) is 13.2. The third kappa shape index (κ3) is 1.77. The number of hydrogen-bond acceptors (Lipinski definition) is 4. The molecular formula is C16H13N5OS. The minimum absolute atomic E-state index is 0.0267. The summed E-state index contributed by atoms with van der Waals surface area (Å²) in [6, 6.07) is 8.13. The fourth-order valence-corrected chi connectivity index (χ4v) is 4.15. The van der Waals surface area contributed by atoms with Crippen LogP contribution in [0.2, 0.25) is 0 Å². The Kier molecular flexibility index (Phi) is 2.47. The maximum absolute atomic E-state index is 12.8. The molecular weight excluding hydrogens is 310 g/mol. The first-order valence-corrected chi connectivity index (χ1v) is 8.18. The first-order valence-electron chi connectivity index (χ1n) is 7.36. The van der Waals surface area contributed by atoms with E-state index in [9.17, 15) is 4.79 Å². The summed E-state index contributed by atoms with van der Waals surface area (Å²) in [4.78, 5) is 20.0. The molecule has 0 bridgehead atoms. The number of fused-ring (bicyclic) bond motifs is 4. The molecule has 1 amide bonds. The minimum Gasteiger partial charge on any atom is -0.327 e. The molecule has 23 heavy (non-hydrogen) atoms. The van der Waals surface area contributed by atoms with Crippen molar-refractivity contribution in [2.45, 2.75) is 13.1 Å². The normalized spacial score (nSPS) is 14.0. The van der Waals surface area contributed by atoms with E-state index in [1.165, 1.54) is 4.70 Å².